The highest BCUT2D eigenvalue weighted by Gasteiger charge is 1.98. The minimum Gasteiger partial charge on any atom is -0.352 e. The Morgan fingerprint density at radius 3 is 2.42 bits per heavy atom. The van der Waals surface area contributed by atoms with Crippen molar-refractivity contribution in [1.29, 1.82) is 0 Å². The fraction of sp³-hybridized carbons (Fsp3) is 0.200. The Labute approximate surface area is 111 Å². The monoisotopic (exact) mass is 256 g/mol. The molecule has 0 aliphatic rings. The molecule has 0 radical (unpaired) electrons. The van der Waals surface area contributed by atoms with Crippen LogP contribution in [0.25, 0.3) is 0 Å². The van der Waals surface area contributed by atoms with Gasteiger partial charge in [0, 0.05) is 25.7 Å². The number of nitrogens with zero attached hydrogens (tertiary/aromatic N) is 1. The van der Waals surface area contributed by atoms with Crippen molar-refractivity contribution in [3.05, 3.63) is 70.1 Å². The zero-order valence-electron chi connectivity index (χ0n) is 10.8. The lowest BCUT2D eigenvalue weighted by Gasteiger charge is -2.07. The van der Waals surface area contributed by atoms with Crippen LogP contribution in [-0.2, 0) is 17.9 Å². The van der Waals surface area contributed by atoms with Crippen LogP contribution in [0, 0.1) is 0 Å². The molecule has 0 aliphatic carbocycles. The molecule has 0 bridgehead atoms. The van der Waals surface area contributed by atoms with E-state index >= 15 is 0 Å². The number of hydrogen-bond donors (Lipinski definition) is 1. The average molecular weight is 256 g/mol. The van der Waals surface area contributed by atoms with Crippen molar-refractivity contribution in [2.45, 2.75) is 20.0 Å². The molecule has 2 rings (SSSR count). The smallest absolute Gasteiger partial charge is 0.250 e. The van der Waals surface area contributed by atoms with E-state index in [-0.39, 0.29) is 11.5 Å². The molecule has 0 unspecified atom stereocenters. The number of carbonyl (C=O) groups excluding carboxylic acids is 1. The van der Waals surface area contributed by atoms with Gasteiger partial charge in [0.2, 0.25) is 5.91 Å². The Bertz CT molecular complexity index is 615. The van der Waals surface area contributed by atoms with E-state index in [1.165, 1.54) is 6.92 Å². The minimum absolute atomic E-state index is 0.00942. The summed E-state index contributed by atoms with van der Waals surface area (Å²) in [6.07, 6.45) is 1.77. The normalized spacial score (nSPS) is 10.2. The van der Waals surface area contributed by atoms with E-state index in [2.05, 4.69) is 5.32 Å². The van der Waals surface area contributed by atoms with Gasteiger partial charge in [-0.3, -0.25) is 9.59 Å². The molecule has 1 heterocycles. The van der Waals surface area contributed by atoms with Crippen LogP contribution >= 0.6 is 0 Å². The molecule has 4 heteroatoms. The van der Waals surface area contributed by atoms with Gasteiger partial charge in [-0.25, -0.2) is 0 Å². The predicted molar refractivity (Wildman–Crippen MR) is 73.8 cm³/mol. The van der Waals surface area contributed by atoms with E-state index in [9.17, 15) is 9.59 Å². The van der Waals surface area contributed by atoms with Crippen LogP contribution in [-0.4, -0.2) is 10.5 Å². The first-order valence-electron chi connectivity index (χ1n) is 6.13. The number of nitrogens with one attached hydrogen (secondary N) is 1. The Morgan fingerprint density at radius 2 is 1.79 bits per heavy atom. The molecule has 0 atom stereocenters. The summed E-state index contributed by atoms with van der Waals surface area (Å²) < 4.78 is 1.66. The maximum absolute atomic E-state index is 11.6. The summed E-state index contributed by atoms with van der Waals surface area (Å²) in [4.78, 5) is 22.4. The van der Waals surface area contributed by atoms with E-state index in [1.54, 1.807) is 22.9 Å². The Morgan fingerprint density at radius 1 is 1.11 bits per heavy atom. The molecule has 1 aromatic carbocycles. The van der Waals surface area contributed by atoms with Crippen molar-refractivity contribution in [2.75, 3.05) is 0 Å². The van der Waals surface area contributed by atoms with Crippen LogP contribution in [0.1, 0.15) is 18.1 Å². The fourth-order valence-electron chi connectivity index (χ4n) is 1.78. The van der Waals surface area contributed by atoms with Gasteiger partial charge >= 0.3 is 0 Å². The third-order valence-electron chi connectivity index (χ3n) is 2.82. The molecule has 19 heavy (non-hydrogen) atoms. The van der Waals surface area contributed by atoms with E-state index in [0.717, 1.165) is 11.1 Å². The average Bonchev–Trinajstić information content (AvgIpc) is 2.40. The molecular formula is C15H16N2O2. The van der Waals surface area contributed by atoms with Crippen molar-refractivity contribution in [3.63, 3.8) is 0 Å². The molecule has 2 aromatic rings. The van der Waals surface area contributed by atoms with Crippen LogP contribution in [0.3, 0.4) is 0 Å². The van der Waals surface area contributed by atoms with Crippen LogP contribution in [0.2, 0.25) is 0 Å². The summed E-state index contributed by atoms with van der Waals surface area (Å²) in [5, 5.41) is 2.75. The number of benzene rings is 1. The lowest BCUT2D eigenvalue weighted by molar-refractivity contribution is -0.119. The maximum Gasteiger partial charge on any atom is 0.250 e. The van der Waals surface area contributed by atoms with Gasteiger partial charge in [0.25, 0.3) is 5.56 Å². The van der Waals surface area contributed by atoms with E-state index in [4.69, 9.17) is 0 Å². The summed E-state index contributed by atoms with van der Waals surface area (Å²) in [6.45, 7) is 2.58. The molecule has 0 saturated heterocycles. The van der Waals surface area contributed by atoms with Crippen molar-refractivity contribution < 1.29 is 4.79 Å². The quantitative estimate of drug-likeness (QED) is 0.902. The Balaban J connectivity index is 2.05. The zero-order chi connectivity index (χ0) is 13.7. The van der Waals surface area contributed by atoms with E-state index in [0.29, 0.717) is 13.1 Å². The number of rotatable bonds is 4. The Kier molecular flexibility index (Phi) is 4.13. The van der Waals surface area contributed by atoms with Crippen molar-refractivity contribution in [3.8, 4) is 0 Å². The van der Waals surface area contributed by atoms with Gasteiger partial charge in [-0.1, -0.05) is 30.3 Å². The molecule has 0 aliphatic heterocycles. The minimum atomic E-state index is -0.0417. The van der Waals surface area contributed by atoms with Gasteiger partial charge in [0.15, 0.2) is 0 Å². The first kappa shape index (κ1) is 13.1. The third kappa shape index (κ3) is 3.81. The molecule has 0 fully saturated rings. The summed E-state index contributed by atoms with van der Waals surface area (Å²) in [7, 11) is 0. The lowest BCUT2D eigenvalue weighted by atomic mass is 10.1. The molecule has 1 aromatic heterocycles. The van der Waals surface area contributed by atoms with Gasteiger partial charge < -0.3 is 9.88 Å². The largest absolute Gasteiger partial charge is 0.352 e. The van der Waals surface area contributed by atoms with Crippen molar-refractivity contribution in [2.24, 2.45) is 0 Å². The van der Waals surface area contributed by atoms with Crippen LogP contribution < -0.4 is 10.9 Å². The molecule has 0 saturated carbocycles. The zero-order valence-corrected chi connectivity index (χ0v) is 10.8. The Hall–Kier alpha value is -2.36. The van der Waals surface area contributed by atoms with Gasteiger partial charge in [0.1, 0.15) is 0 Å². The predicted octanol–water partition coefficient (Wildman–Crippen LogP) is 1.53. The highest BCUT2D eigenvalue weighted by molar-refractivity contribution is 5.72. The van der Waals surface area contributed by atoms with Gasteiger partial charge in [-0.2, -0.15) is 0 Å². The maximum atomic E-state index is 11.6. The van der Waals surface area contributed by atoms with Crippen LogP contribution in [0.15, 0.2) is 53.5 Å². The molecule has 1 N–H and O–H groups in total. The second-order valence-electron chi connectivity index (χ2n) is 4.39. The topological polar surface area (TPSA) is 51.1 Å². The first-order chi connectivity index (χ1) is 9.15. The van der Waals surface area contributed by atoms with Gasteiger partial charge in [0.05, 0.1) is 6.54 Å². The van der Waals surface area contributed by atoms with E-state index in [1.807, 2.05) is 30.3 Å². The summed E-state index contributed by atoms with van der Waals surface area (Å²) >= 11 is 0. The summed E-state index contributed by atoms with van der Waals surface area (Å²) in [5.41, 5.74) is 2.09. The second kappa shape index (κ2) is 6.00. The third-order valence-corrected chi connectivity index (χ3v) is 2.82. The highest BCUT2D eigenvalue weighted by atomic mass is 16.1. The number of pyridine rings is 1. The fourth-order valence-corrected chi connectivity index (χ4v) is 1.78. The molecule has 4 nitrogen and oxygen atoms in total. The number of amides is 1. The lowest BCUT2D eigenvalue weighted by Crippen LogP contribution is -2.19. The van der Waals surface area contributed by atoms with Gasteiger partial charge in [-0.05, 0) is 17.2 Å². The van der Waals surface area contributed by atoms with Crippen molar-refractivity contribution in [1.82, 2.24) is 9.88 Å². The standard InChI is InChI=1S/C15H16N2O2/c1-12(18)16-10-13-5-7-14(8-6-13)11-17-9-3-2-4-15(17)19/h2-9H,10-11H2,1H3,(H,16,18). The number of aromatic nitrogens is 1. The summed E-state index contributed by atoms with van der Waals surface area (Å²) in [5.74, 6) is -0.0417. The highest BCUT2D eigenvalue weighted by Crippen LogP contribution is 2.05. The first-order valence-corrected chi connectivity index (χ1v) is 6.13. The second-order valence-corrected chi connectivity index (χ2v) is 4.39. The molecule has 98 valence electrons. The molecule has 1 amide bonds. The summed E-state index contributed by atoms with van der Waals surface area (Å²) in [6, 6.07) is 13.0. The number of hydrogen-bond acceptors (Lipinski definition) is 2. The van der Waals surface area contributed by atoms with E-state index < -0.39 is 0 Å². The SMILES string of the molecule is CC(=O)NCc1ccc(Cn2ccccc2=O)cc1. The van der Waals surface area contributed by atoms with Crippen LogP contribution in [0.5, 0.6) is 0 Å². The van der Waals surface area contributed by atoms with Crippen molar-refractivity contribution >= 4 is 5.91 Å². The van der Waals surface area contributed by atoms with Gasteiger partial charge in [-0.15, -0.1) is 0 Å². The molecular weight excluding hydrogens is 240 g/mol. The number of carbonyl (C=O) groups is 1. The molecule has 0 spiro atoms. The van der Waals surface area contributed by atoms with Crippen LogP contribution in [0.4, 0.5) is 0 Å².